The molecule has 2 atom stereocenters. The average Bonchev–Trinajstić information content (AvgIpc) is 2.80. The summed E-state index contributed by atoms with van der Waals surface area (Å²) in [6.45, 7) is 7.06. The highest BCUT2D eigenvalue weighted by Gasteiger charge is 2.33. The van der Waals surface area contributed by atoms with E-state index in [0.717, 1.165) is 25.9 Å². The van der Waals surface area contributed by atoms with Crippen molar-refractivity contribution in [2.45, 2.75) is 51.6 Å². The molecule has 1 heterocycles. The van der Waals surface area contributed by atoms with Crippen LogP contribution in [-0.2, 0) is 9.59 Å². The zero-order chi connectivity index (χ0) is 13.1. The Morgan fingerprint density at radius 1 is 1.41 bits per heavy atom. The van der Waals surface area contributed by atoms with Crippen LogP contribution in [0.15, 0.2) is 0 Å². The van der Waals surface area contributed by atoms with E-state index in [2.05, 4.69) is 5.32 Å². The van der Waals surface area contributed by atoms with Crippen molar-refractivity contribution in [3.8, 4) is 0 Å². The number of amides is 2. The van der Waals surface area contributed by atoms with Gasteiger partial charge in [-0.15, -0.1) is 0 Å². The predicted octanol–water partition coefficient (Wildman–Crippen LogP) is 0.241. The number of nitrogens with two attached hydrogens (primary N) is 1. The second-order valence-corrected chi connectivity index (χ2v) is 4.95. The highest BCUT2D eigenvalue weighted by atomic mass is 16.2. The summed E-state index contributed by atoms with van der Waals surface area (Å²) in [4.78, 5) is 25.3. The molecule has 0 aromatic heterocycles. The van der Waals surface area contributed by atoms with Gasteiger partial charge in [0, 0.05) is 13.1 Å². The van der Waals surface area contributed by atoms with Crippen molar-refractivity contribution in [1.29, 1.82) is 0 Å². The zero-order valence-corrected chi connectivity index (χ0v) is 11.0. The lowest BCUT2D eigenvalue weighted by molar-refractivity contribution is -0.133. The molecule has 5 heteroatoms. The van der Waals surface area contributed by atoms with Gasteiger partial charge in [-0.3, -0.25) is 14.9 Å². The van der Waals surface area contributed by atoms with E-state index in [9.17, 15) is 9.59 Å². The number of carbonyl (C=O) groups excluding carboxylic acids is 2. The van der Waals surface area contributed by atoms with Crippen molar-refractivity contribution in [2.75, 3.05) is 13.1 Å². The van der Waals surface area contributed by atoms with Crippen molar-refractivity contribution in [1.82, 2.24) is 10.2 Å². The summed E-state index contributed by atoms with van der Waals surface area (Å²) in [5.74, 6) is -0.357. The van der Waals surface area contributed by atoms with Gasteiger partial charge in [-0.25, -0.2) is 0 Å². The molecule has 0 aliphatic carbocycles. The summed E-state index contributed by atoms with van der Waals surface area (Å²) in [5.41, 5.74) is 4.55. The summed E-state index contributed by atoms with van der Waals surface area (Å²) in [7, 11) is 0. The Balaban J connectivity index is 2.60. The number of primary amides is 1. The number of hydrogen-bond donors (Lipinski definition) is 2. The molecule has 1 aliphatic rings. The first-order chi connectivity index (χ1) is 7.90. The van der Waals surface area contributed by atoms with Crippen LogP contribution >= 0.6 is 0 Å². The molecule has 5 nitrogen and oxygen atoms in total. The Morgan fingerprint density at radius 3 is 2.35 bits per heavy atom. The number of nitrogens with zero attached hydrogens (tertiary/aromatic N) is 1. The Kier molecular flexibility index (Phi) is 4.51. The van der Waals surface area contributed by atoms with Crippen molar-refractivity contribution in [3.63, 3.8) is 0 Å². The van der Waals surface area contributed by atoms with Gasteiger partial charge in [0.15, 0.2) is 0 Å². The molecular formula is C12H23N3O2. The van der Waals surface area contributed by atoms with E-state index in [1.807, 2.05) is 11.8 Å². The molecule has 3 N–H and O–H groups in total. The van der Waals surface area contributed by atoms with Crippen LogP contribution in [0.4, 0.5) is 0 Å². The maximum Gasteiger partial charge on any atom is 0.239 e. The Labute approximate surface area is 103 Å². The van der Waals surface area contributed by atoms with Gasteiger partial charge in [-0.2, -0.15) is 0 Å². The number of rotatable bonds is 5. The zero-order valence-electron chi connectivity index (χ0n) is 11.0. The minimum absolute atomic E-state index is 0.0587. The summed E-state index contributed by atoms with van der Waals surface area (Å²) in [5, 5.41) is 3.05. The maximum absolute atomic E-state index is 12.1. The lowest BCUT2D eigenvalue weighted by atomic mass is 9.96. The molecule has 1 rings (SSSR count). The molecule has 1 saturated heterocycles. The number of carbonyl (C=O) groups is 2. The van der Waals surface area contributed by atoms with Crippen LogP contribution in [0.1, 0.15) is 40.0 Å². The first-order valence-electron chi connectivity index (χ1n) is 6.27. The molecule has 0 bridgehead atoms. The first kappa shape index (κ1) is 14.0. The van der Waals surface area contributed by atoms with Crippen molar-refractivity contribution < 1.29 is 9.59 Å². The fourth-order valence-electron chi connectivity index (χ4n) is 2.10. The van der Waals surface area contributed by atoms with Crippen LogP contribution in [0.5, 0.6) is 0 Å². The fourth-order valence-corrected chi connectivity index (χ4v) is 2.10. The molecule has 1 aliphatic heterocycles. The van der Waals surface area contributed by atoms with Crippen LogP contribution in [0.3, 0.4) is 0 Å². The van der Waals surface area contributed by atoms with E-state index in [0.29, 0.717) is 6.42 Å². The van der Waals surface area contributed by atoms with Gasteiger partial charge in [0.05, 0.1) is 11.6 Å². The van der Waals surface area contributed by atoms with E-state index in [1.165, 1.54) is 0 Å². The molecule has 0 radical (unpaired) electrons. The molecule has 0 saturated carbocycles. The predicted molar refractivity (Wildman–Crippen MR) is 66.3 cm³/mol. The molecule has 2 unspecified atom stereocenters. The van der Waals surface area contributed by atoms with Gasteiger partial charge in [0.2, 0.25) is 11.8 Å². The van der Waals surface area contributed by atoms with Gasteiger partial charge in [0.25, 0.3) is 0 Å². The molecule has 98 valence electrons. The van der Waals surface area contributed by atoms with E-state index >= 15 is 0 Å². The van der Waals surface area contributed by atoms with Crippen LogP contribution in [0, 0.1) is 0 Å². The number of hydrogen-bond acceptors (Lipinski definition) is 3. The summed E-state index contributed by atoms with van der Waals surface area (Å²) in [6.07, 6.45) is 2.71. The first-order valence-corrected chi connectivity index (χ1v) is 6.27. The highest BCUT2D eigenvalue weighted by molar-refractivity contribution is 5.86. The van der Waals surface area contributed by atoms with E-state index in [-0.39, 0.29) is 11.9 Å². The third-order valence-corrected chi connectivity index (χ3v) is 3.57. The number of likely N-dealkylation sites (tertiary alicyclic amines) is 1. The van der Waals surface area contributed by atoms with Crippen LogP contribution < -0.4 is 11.1 Å². The standard InChI is InChI=1S/C12H23N3O2/c1-4-12(3,11(13)17)14-9(2)10(16)15-7-5-6-8-15/h9,14H,4-8H2,1-3H3,(H2,13,17). The van der Waals surface area contributed by atoms with Crippen LogP contribution in [-0.4, -0.2) is 41.4 Å². The fraction of sp³-hybridized carbons (Fsp3) is 0.833. The lowest BCUT2D eigenvalue weighted by Gasteiger charge is -2.31. The Morgan fingerprint density at radius 2 is 1.94 bits per heavy atom. The van der Waals surface area contributed by atoms with Crippen LogP contribution in [0.2, 0.25) is 0 Å². The van der Waals surface area contributed by atoms with Gasteiger partial charge in [-0.1, -0.05) is 6.92 Å². The minimum atomic E-state index is -0.811. The van der Waals surface area contributed by atoms with Gasteiger partial charge < -0.3 is 10.6 Å². The van der Waals surface area contributed by atoms with Gasteiger partial charge in [0.1, 0.15) is 0 Å². The molecular weight excluding hydrogens is 218 g/mol. The van der Waals surface area contributed by atoms with Crippen molar-refractivity contribution >= 4 is 11.8 Å². The third kappa shape index (κ3) is 3.19. The molecule has 0 spiro atoms. The van der Waals surface area contributed by atoms with Gasteiger partial charge in [-0.05, 0) is 33.1 Å². The monoisotopic (exact) mass is 241 g/mol. The second kappa shape index (κ2) is 5.49. The summed E-state index contributed by atoms with van der Waals surface area (Å²) in [6, 6.07) is -0.370. The SMILES string of the molecule is CCC(C)(NC(C)C(=O)N1CCCC1)C(N)=O. The highest BCUT2D eigenvalue weighted by Crippen LogP contribution is 2.13. The molecule has 0 aromatic rings. The summed E-state index contributed by atoms with van der Waals surface area (Å²) >= 11 is 0. The topological polar surface area (TPSA) is 75.4 Å². The quantitative estimate of drug-likeness (QED) is 0.724. The van der Waals surface area contributed by atoms with E-state index in [4.69, 9.17) is 5.73 Å². The normalized spacial score (nSPS) is 21.0. The molecule has 17 heavy (non-hydrogen) atoms. The third-order valence-electron chi connectivity index (χ3n) is 3.57. The molecule has 2 amide bonds. The lowest BCUT2D eigenvalue weighted by Crippen LogP contribution is -2.59. The van der Waals surface area contributed by atoms with Gasteiger partial charge >= 0.3 is 0 Å². The van der Waals surface area contributed by atoms with Crippen molar-refractivity contribution in [2.24, 2.45) is 5.73 Å². The largest absolute Gasteiger partial charge is 0.368 e. The Bertz CT molecular complexity index is 300. The van der Waals surface area contributed by atoms with Crippen LogP contribution in [0.25, 0.3) is 0 Å². The molecule has 1 fully saturated rings. The average molecular weight is 241 g/mol. The summed E-state index contributed by atoms with van der Waals surface area (Å²) < 4.78 is 0. The van der Waals surface area contributed by atoms with E-state index in [1.54, 1.807) is 13.8 Å². The minimum Gasteiger partial charge on any atom is -0.368 e. The van der Waals surface area contributed by atoms with Crippen molar-refractivity contribution in [3.05, 3.63) is 0 Å². The molecule has 0 aromatic carbocycles. The maximum atomic E-state index is 12.1. The number of nitrogens with one attached hydrogen (secondary N) is 1. The Hall–Kier alpha value is -1.10. The smallest absolute Gasteiger partial charge is 0.239 e. The second-order valence-electron chi connectivity index (χ2n) is 4.95. The van der Waals surface area contributed by atoms with E-state index < -0.39 is 11.4 Å².